The summed E-state index contributed by atoms with van der Waals surface area (Å²) >= 11 is 0. The summed E-state index contributed by atoms with van der Waals surface area (Å²) in [6.45, 7) is 8.01. The molecule has 0 spiro atoms. The van der Waals surface area contributed by atoms with Gasteiger partial charge < -0.3 is 59.4 Å². The molecule has 15 heteroatoms. The van der Waals surface area contributed by atoms with E-state index in [0.29, 0.717) is 5.57 Å². The number of aliphatic hydroxyl groups is 7. The lowest BCUT2D eigenvalue weighted by Crippen LogP contribution is -2.64. The summed E-state index contributed by atoms with van der Waals surface area (Å²) in [7, 11) is 0. The van der Waals surface area contributed by atoms with Gasteiger partial charge in [-0.25, -0.2) is 0 Å². The van der Waals surface area contributed by atoms with Crippen LogP contribution in [0.1, 0.15) is 53.9 Å². The molecule has 2 fully saturated rings. The van der Waals surface area contributed by atoms with Crippen LogP contribution in [0.4, 0.5) is 0 Å². The largest absolute Gasteiger partial charge is 0.463 e. The summed E-state index contributed by atoms with van der Waals surface area (Å²) in [6.07, 6.45) is -13.0. The molecule has 0 aromatic carbocycles. The Bertz CT molecular complexity index is 1190. The monoisotopic (exact) mass is 658 g/mol. The van der Waals surface area contributed by atoms with Crippen molar-refractivity contribution in [3.05, 3.63) is 34.9 Å². The van der Waals surface area contributed by atoms with E-state index in [1.54, 1.807) is 6.92 Å². The maximum absolute atomic E-state index is 13.0. The van der Waals surface area contributed by atoms with Gasteiger partial charge in [0.2, 0.25) is 0 Å². The van der Waals surface area contributed by atoms with E-state index in [1.165, 1.54) is 0 Å². The lowest BCUT2D eigenvalue weighted by molar-refractivity contribution is -0.355. The van der Waals surface area contributed by atoms with E-state index in [0.717, 1.165) is 11.1 Å². The second-order valence-corrected chi connectivity index (χ2v) is 12.4. The maximum atomic E-state index is 13.0. The Morgan fingerprint density at radius 2 is 1.59 bits per heavy atom. The van der Waals surface area contributed by atoms with Crippen molar-refractivity contribution in [2.75, 3.05) is 13.2 Å². The van der Waals surface area contributed by atoms with Crippen LogP contribution in [0.15, 0.2) is 34.9 Å². The van der Waals surface area contributed by atoms with E-state index in [-0.39, 0.29) is 12.2 Å². The van der Waals surface area contributed by atoms with E-state index in [4.69, 9.17) is 23.7 Å². The number of hydrogen-bond donors (Lipinski definition) is 7. The molecule has 7 N–H and O–H groups in total. The highest BCUT2D eigenvalue weighted by atomic mass is 16.7. The Morgan fingerprint density at radius 3 is 2.22 bits per heavy atom. The van der Waals surface area contributed by atoms with Crippen molar-refractivity contribution in [1.29, 1.82) is 0 Å². The van der Waals surface area contributed by atoms with Gasteiger partial charge >= 0.3 is 11.9 Å². The SMILES string of the molecule is C/C=C(C)/C=C/C1=C(C)C(=O)C(OC(=O)CCC(=O)OCC2OC(O)C(O)C(O)C2OC2OC(CO)C(O)C(O)C2O)CC1(C)C. The van der Waals surface area contributed by atoms with Crippen LogP contribution in [0.2, 0.25) is 0 Å². The molecule has 3 rings (SSSR count). The lowest BCUT2D eigenvalue weighted by atomic mass is 9.71. The molecule has 2 aliphatic heterocycles. The summed E-state index contributed by atoms with van der Waals surface area (Å²) in [4.78, 5) is 38.1. The fourth-order valence-corrected chi connectivity index (χ4v) is 5.53. The molecule has 3 aliphatic rings. The van der Waals surface area contributed by atoms with Gasteiger partial charge in [0.25, 0.3) is 0 Å². The minimum atomic E-state index is -1.92. The van der Waals surface area contributed by atoms with Gasteiger partial charge in [-0.05, 0) is 37.3 Å². The number of ketones is 1. The second kappa shape index (κ2) is 16.0. The van der Waals surface area contributed by atoms with Crippen LogP contribution < -0.4 is 0 Å². The van der Waals surface area contributed by atoms with Crippen molar-refractivity contribution in [2.45, 2.75) is 121 Å². The predicted molar refractivity (Wildman–Crippen MR) is 156 cm³/mol. The number of esters is 2. The van der Waals surface area contributed by atoms with Crippen LogP contribution in [0.3, 0.4) is 0 Å². The Morgan fingerprint density at radius 1 is 0.935 bits per heavy atom. The Hall–Kier alpha value is -2.57. The number of carbonyl (C=O) groups excluding carboxylic acids is 3. The quantitative estimate of drug-likeness (QED) is 0.101. The number of aliphatic hydroxyl groups excluding tert-OH is 7. The maximum Gasteiger partial charge on any atom is 0.307 e. The number of rotatable bonds is 11. The Labute approximate surface area is 266 Å². The molecular formula is C31H46O15. The third kappa shape index (κ3) is 8.86. The fraction of sp³-hybridized carbons (Fsp3) is 0.710. The summed E-state index contributed by atoms with van der Waals surface area (Å²) in [5.74, 6) is -2.03. The first-order valence-corrected chi connectivity index (χ1v) is 15.1. The van der Waals surface area contributed by atoms with E-state index in [2.05, 4.69) is 0 Å². The van der Waals surface area contributed by atoms with Gasteiger partial charge in [0.05, 0.1) is 19.4 Å². The molecule has 2 saturated heterocycles. The predicted octanol–water partition coefficient (Wildman–Crippen LogP) is -1.32. The third-order valence-corrected chi connectivity index (χ3v) is 8.47. The second-order valence-electron chi connectivity index (χ2n) is 12.4. The van der Waals surface area contributed by atoms with Crippen LogP contribution in [-0.4, -0.2) is 134 Å². The molecule has 46 heavy (non-hydrogen) atoms. The van der Waals surface area contributed by atoms with Gasteiger partial charge in [0.1, 0.15) is 55.4 Å². The van der Waals surface area contributed by atoms with E-state index < -0.39 is 111 Å². The number of Topliss-reactive ketones (excluding diaryl/α,β-unsaturated/α-hetero) is 1. The van der Waals surface area contributed by atoms with Crippen molar-refractivity contribution in [2.24, 2.45) is 5.41 Å². The highest BCUT2D eigenvalue weighted by molar-refractivity contribution is 6.01. The van der Waals surface area contributed by atoms with Gasteiger partial charge in [-0.2, -0.15) is 0 Å². The first-order chi connectivity index (χ1) is 21.5. The van der Waals surface area contributed by atoms with E-state index >= 15 is 0 Å². The molecule has 0 radical (unpaired) electrons. The highest BCUT2D eigenvalue weighted by Crippen LogP contribution is 2.41. The van der Waals surface area contributed by atoms with Gasteiger partial charge in [0, 0.05) is 6.42 Å². The Kier molecular flexibility index (Phi) is 13.2. The lowest BCUT2D eigenvalue weighted by Gasteiger charge is -2.45. The average molecular weight is 659 g/mol. The molecule has 0 bridgehead atoms. The zero-order chi connectivity index (χ0) is 34.5. The molecular weight excluding hydrogens is 612 g/mol. The van der Waals surface area contributed by atoms with Crippen LogP contribution in [0, 0.1) is 5.41 Å². The highest BCUT2D eigenvalue weighted by Gasteiger charge is 2.50. The molecule has 0 aromatic rings. The third-order valence-electron chi connectivity index (χ3n) is 8.47. The van der Waals surface area contributed by atoms with Crippen molar-refractivity contribution < 1.29 is 73.8 Å². The topological polar surface area (TPSA) is 239 Å². The summed E-state index contributed by atoms with van der Waals surface area (Å²) in [6, 6.07) is 0. The number of hydrogen-bond acceptors (Lipinski definition) is 15. The average Bonchev–Trinajstić information content (AvgIpc) is 3.01. The molecule has 15 nitrogen and oxygen atoms in total. The minimum absolute atomic E-state index is 0.249. The van der Waals surface area contributed by atoms with Crippen LogP contribution >= 0.6 is 0 Å². The van der Waals surface area contributed by atoms with Gasteiger partial charge in [0.15, 0.2) is 24.5 Å². The first-order valence-electron chi connectivity index (χ1n) is 15.1. The zero-order valence-electron chi connectivity index (χ0n) is 26.5. The normalized spacial score (nSPS) is 37.0. The van der Waals surface area contributed by atoms with Crippen LogP contribution in [-0.2, 0) is 38.1 Å². The minimum Gasteiger partial charge on any atom is -0.463 e. The molecule has 0 amide bonds. The number of allylic oxidation sites excluding steroid dienone is 5. The van der Waals surface area contributed by atoms with Crippen molar-refractivity contribution in [3.8, 4) is 0 Å². The van der Waals surface area contributed by atoms with Gasteiger partial charge in [-0.15, -0.1) is 0 Å². The molecule has 260 valence electrons. The molecule has 0 saturated carbocycles. The Balaban J connectivity index is 1.57. The molecule has 1 aliphatic carbocycles. The van der Waals surface area contributed by atoms with Gasteiger partial charge in [-0.1, -0.05) is 37.6 Å². The fourth-order valence-electron chi connectivity index (χ4n) is 5.53. The summed E-state index contributed by atoms with van der Waals surface area (Å²) in [5, 5.41) is 70.3. The van der Waals surface area contributed by atoms with Crippen molar-refractivity contribution >= 4 is 17.7 Å². The van der Waals surface area contributed by atoms with Crippen molar-refractivity contribution in [3.63, 3.8) is 0 Å². The van der Waals surface area contributed by atoms with Crippen molar-refractivity contribution in [1.82, 2.24) is 0 Å². The number of carbonyl (C=O) groups is 3. The molecule has 2 heterocycles. The first kappa shape index (κ1) is 37.9. The van der Waals surface area contributed by atoms with Gasteiger partial charge in [-0.3, -0.25) is 14.4 Å². The van der Waals surface area contributed by atoms with E-state index in [1.807, 2.05) is 45.9 Å². The summed E-state index contributed by atoms with van der Waals surface area (Å²) < 4.78 is 26.6. The standard InChI is InChI=1S/C31H46O15/c1-6-14(2)7-8-16-15(3)22(35)17(11-31(16,4)5)43-21(34)10-9-20(33)42-13-19-28(25(38)26(39)29(41)44-19)46-30-27(40)24(37)23(36)18(12-32)45-30/h6-8,17-19,23-30,32,36-41H,9-13H2,1-5H3/b8-7+,14-6+. The number of ether oxygens (including phenoxy) is 5. The summed E-state index contributed by atoms with van der Waals surface area (Å²) in [5.41, 5.74) is 1.89. The van der Waals surface area contributed by atoms with Crippen LogP contribution in [0.25, 0.3) is 0 Å². The van der Waals surface area contributed by atoms with E-state index in [9.17, 15) is 50.1 Å². The molecule has 11 unspecified atom stereocenters. The molecule has 11 atom stereocenters. The smallest absolute Gasteiger partial charge is 0.307 e. The molecule has 0 aromatic heterocycles. The van der Waals surface area contributed by atoms with Crippen LogP contribution in [0.5, 0.6) is 0 Å². The zero-order valence-corrected chi connectivity index (χ0v) is 26.5.